The maximum atomic E-state index is 15.3. The molecule has 0 atom stereocenters. The SMILES string of the molecule is C=C(c1c(F)ccc(NS(=O)(=O)CC(C)=O)c1F)c1c[nH]c2ncc(-c3ccc(Cl)cc3)cc12. The molecular formula is C24H18ClF2N3O3S. The highest BCUT2D eigenvalue weighted by atomic mass is 35.5. The Morgan fingerprint density at radius 2 is 1.85 bits per heavy atom. The first-order chi connectivity index (χ1) is 16.1. The Labute approximate surface area is 199 Å². The second-order valence-electron chi connectivity index (χ2n) is 7.66. The van der Waals surface area contributed by atoms with Crippen LogP contribution < -0.4 is 4.72 Å². The zero-order chi connectivity index (χ0) is 24.6. The van der Waals surface area contributed by atoms with Crippen molar-refractivity contribution in [1.29, 1.82) is 0 Å². The van der Waals surface area contributed by atoms with Gasteiger partial charge in [0.25, 0.3) is 0 Å². The Bertz CT molecular complexity index is 1550. The minimum atomic E-state index is -4.16. The van der Waals surface area contributed by atoms with Crippen LogP contribution in [0.15, 0.2) is 61.4 Å². The van der Waals surface area contributed by atoms with Gasteiger partial charge in [-0.3, -0.25) is 9.52 Å². The smallest absolute Gasteiger partial charge is 0.239 e. The summed E-state index contributed by atoms with van der Waals surface area (Å²) in [6, 6.07) is 10.8. The number of ketones is 1. The minimum absolute atomic E-state index is 0.0103. The maximum Gasteiger partial charge on any atom is 0.239 e. The quantitative estimate of drug-likeness (QED) is 0.347. The molecule has 4 rings (SSSR count). The molecule has 0 radical (unpaired) electrons. The number of hydrogen-bond donors (Lipinski definition) is 2. The number of carbonyl (C=O) groups is 1. The van der Waals surface area contributed by atoms with Gasteiger partial charge in [0.05, 0.1) is 11.3 Å². The van der Waals surface area contributed by atoms with E-state index in [1.165, 1.54) is 6.20 Å². The lowest BCUT2D eigenvalue weighted by Crippen LogP contribution is -2.22. The Balaban J connectivity index is 1.77. The van der Waals surface area contributed by atoms with E-state index >= 15 is 4.39 Å². The molecule has 0 aliphatic heterocycles. The number of H-pyrrole nitrogens is 1. The molecule has 2 heterocycles. The molecule has 0 unspecified atom stereocenters. The largest absolute Gasteiger partial charge is 0.346 e. The number of nitrogens with zero attached hydrogens (tertiary/aromatic N) is 1. The van der Waals surface area contributed by atoms with Gasteiger partial charge >= 0.3 is 0 Å². The fourth-order valence-corrected chi connectivity index (χ4v) is 4.79. The average molecular weight is 502 g/mol. The third kappa shape index (κ3) is 4.71. The molecule has 10 heteroatoms. The van der Waals surface area contributed by atoms with Gasteiger partial charge in [0.1, 0.15) is 23.0 Å². The lowest BCUT2D eigenvalue weighted by Gasteiger charge is -2.13. The number of halogens is 3. The van der Waals surface area contributed by atoms with Gasteiger partial charge in [-0.1, -0.05) is 30.3 Å². The Hall–Kier alpha value is -3.56. The molecule has 0 fully saturated rings. The third-order valence-electron chi connectivity index (χ3n) is 5.09. The van der Waals surface area contributed by atoms with Crippen molar-refractivity contribution in [2.45, 2.75) is 6.92 Å². The number of nitrogens with one attached hydrogen (secondary N) is 2. The number of aromatic nitrogens is 2. The molecule has 4 aromatic rings. The van der Waals surface area contributed by atoms with Gasteiger partial charge < -0.3 is 4.98 Å². The van der Waals surface area contributed by atoms with E-state index in [1.54, 1.807) is 24.4 Å². The van der Waals surface area contributed by atoms with Gasteiger partial charge in [-0.15, -0.1) is 0 Å². The van der Waals surface area contributed by atoms with Crippen LogP contribution in [-0.4, -0.2) is 29.9 Å². The van der Waals surface area contributed by atoms with Crippen molar-refractivity contribution in [2.75, 3.05) is 10.5 Å². The van der Waals surface area contributed by atoms with Crippen LogP contribution in [0.3, 0.4) is 0 Å². The molecule has 174 valence electrons. The van der Waals surface area contributed by atoms with Crippen molar-refractivity contribution in [3.05, 3.63) is 89.2 Å². The summed E-state index contributed by atoms with van der Waals surface area (Å²) < 4.78 is 56.2. The van der Waals surface area contributed by atoms with Gasteiger partial charge in [0.15, 0.2) is 5.82 Å². The monoisotopic (exact) mass is 501 g/mol. The lowest BCUT2D eigenvalue weighted by molar-refractivity contribution is -0.114. The summed E-state index contributed by atoms with van der Waals surface area (Å²) in [6.07, 6.45) is 3.18. The van der Waals surface area contributed by atoms with Crippen molar-refractivity contribution in [1.82, 2.24) is 9.97 Å². The van der Waals surface area contributed by atoms with Gasteiger partial charge in [-0.05, 0) is 48.4 Å². The second-order valence-corrected chi connectivity index (χ2v) is 9.81. The van der Waals surface area contributed by atoms with Crippen molar-refractivity contribution >= 4 is 49.7 Å². The van der Waals surface area contributed by atoms with Crippen molar-refractivity contribution < 1.29 is 22.0 Å². The first-order valence-electron chi connectivity index (χ1n) is 9.96. The number of aromatic amines is 1. The molecule has 2 N–H and O–H groups in total. The van der Waals surface area contributed by atoms with Gasteiger partial charge in [0, 0.05) is 33.9 Å². The lowest BCUT2D eigenvalue weighted by atomic mass is 9.97. The normalized spacial score (nSPS) is 11.5. The first-order valence-corrected chi connectivity index (χ1v) is 12.0. The van der Waals surface area contributed by atoms with Crippen LogP contribution in [0, 0.1) is 11.6 Å². The number of fused-ring (bicyclic) bond motifs is 1. The van der Waals surface area contributed by atoms with Gasteiger partial charge in [-0.2, -0.15) is 0 Å². The summed E-state index contributed by atoms with van der Waals surface area (Å²) >= 11 is 5.96. The van der Waals surface area contributed by atoms with E-state index in [2.05, 4.69) is 16.5 Å². The molecule has 0 bridgehead atoms. The number of pyridine rings is 1. The molecular weight excluding hydrogens is 484 g/mol. The molecule has 0 aliphatic carbocycles. The predicted octanol–water partition coefficient (Wildman–Crippen LogP) is 5.55. The number of hydrogen-bond acceptors (Lipinski definition) is 4. The molecule has 0 saturated carbocycles. The van der Waals surface area contributed by atoms with Crippen LogP contribution in [0.5, 0.6) is 0 Å². The highest BCUT2D eigenvalue weighted by Gasteiger charge is 2.23. The number of benzene rings is 2. The third-order valence-corrected chi connectivity index (χ3v) is 6.65. The van der Waals surface area contributed by atoms with E-state index in [4.69, 9.17) is 11.6 Å². The van der Waals surface area contributed by atoms with Crippen LogP contribution in [0.2, 0.25) is 5.02 Å². The second kappa shape index (κ2) is 9.00. The summed E-state index contributed by atoms with van der Waals surface area (Å²) in [7, 11) is -4.16. The highest BCUT2D eigenvalue weighted by Crippen LogP contribution is 2.35. The average Bonchev–Trinajstić information content (AvgIpc) is 3.18. The molecule has 0 saturated heterocycles. The van der Waals surface area contributed by atoms with Crippen LogP contribution in [0.25, 0.3) is 27.7 Å². The van der Waals surface area contributed by atoms with Crippen molar-refractivity contribution in [3.8, 4) is 11.1 Å². The van der Waals surface area contributed by atoms with E-state index < -0.39 is 44.4 Å². The highest BCUT2D eigenvalue weighted by molar-refractivity contribution is 7.93. The molecule has 34 heavy (non-hydrogen) atoms. The van der Waals surface area contributed by atoms with E-state index in [0.717, 1.165) is 30.2 Å². The summed E-state index contributed by atoms with van der Waals surface area (Å²) in [6.45, 7) is 4.96. The van der Waals surface area contributed by atoms with E-state index in [0.29, 0.717) is 21.6 Å². The Morgan fingerprint density at radius 1 is 1.15 bits per heavy atom. The standard InChI is InChI=1S/C24H18ClF2N3O3S/c1-13(31)12-34(32,33)30-21-8-7-20(26)22(23(21)27)14(2)19-11-29-24-18(19)9-16(10-28-24)15-3-5-17(25)6-4-15/h3-11,30H,2,12H2,1H3,(H,28,29). The van der Waals surface area contributed by atoms with Crippen LogP contribution in [0.1, 0.15) is 18.1 Å². The zero-order valence-electron chi connectivity index (χ0n) is 17.8. The Morgan fingerprint density at radius 3 is 2.53 bits per heavy atom. The minimum Gasteiger partial charge on any atom is -0.346 e. The van der Waals surface area contributed by atoms with E-state index in [-0.39, 0.29) is 5.57 Å². The summed E-state index contributed by atoms with van der Waals surface area (Å²) in [5.41, 5.74) is 1.47. The summed E-state index contributed by atoms with van der Waals surface area (Å²) in [5.74, 6) is -3.52. The number of sulfonamides is 1. The first kappa shape index (κ1) is 23.6. The fraction of sp³-hybridized carbons (Fsp3) is 0.0833. The van der Waals surface area contributed by atoms with Crippen molar-refractivity contribution in [3.63, 3.8) is 0 Å². The topological polar surface area (TPSA) is 91.9 Å². The predicted molar refractivity (Wildman–Crippen MR) is 129 cm³/mol. The fourth-order valence-electron chi connectivity index (χ4n) is 3.57. The van der Waals surface area contributed by atoms with E-state index in [1.807, 2.05) is 16.9 Å². The maximum absolute atomic E-state index is 15.3. The Kier molecular flexibility index (Phi) is 6.24. The number of Topliss-reactive ketones (excluding diaryl/α,β-unsaturated/α-hetero) is 1. The van der Waals surface area contributed by atoms with Crippen molar-refractivity contribution in [2.24, 2.45) is 0 Å². The van der Waals surface area contributed by atoms with Crippen LogP contribution in [0.4, 0.5) is 14.5 Å². The molecule has 6 nitrogen and oxygen atoms in total. The van der Waals surface area contributed by atoms with Gasteiger partial charge in [-0.25, -0.2) is 22.2 Å². The molecule has 2 aromatic heterocycles. The molecule has 0 amide bonds. The van der Waals surface area contributed by atoms with Crippen LogP contribution >= 0.6 is 11.6 Å². The number of carbonyl (C=O) groups excluding carboxylic acids is 1. The molecule has 2 aromatic carbocycles. The molecule has 0 spiro atoms. The summed E-state index contributed by atoms with van der Waals surface area (Å²) in [4.78, 5) is 18.5. The van der Waals surface area contributed by atoms with Gasteiger partial charge in [0.2, 0.25) is 10.0 Å². The van der Waals surface area contributed by atoms with E-state index in [9.17, 15) is 17.6 Å². The zero-order valence-corrected chi connectivity index (χ0v) is 19.4. The summed E-state index contributed by atoms with van der Waals surface area (Å²) in [5, 5.41) is 1.15. The number of rotatable bonds is 7. The molecule has 0 aliphatic rings. The van der Waals surface area contributed by atoms with Crippen LogP contribution in [-0.2, 0) is 14.8 Å². The number of anilines is 1.